The lowest BCUT2D eigenvalue weighted by Crippen LogP contribution is -2.45. The van der Waals surface area contributed by atoms with Crippen molar-refractivity contribution < 1.29 is 14.6 Å². The van der Waals surface area contributed by atoms with E-state index < -0.39 is 11.6 Å². The molecular formula is C22H31NO3. The fraction of sp³-hybridized carbons (Fsp3) is 0.591. The van der Waals surface area contributed by atoms with Crippen molar-refractivity contribution in [3.05, 3.63) is 29.8 Å². The van der Waals surface area contributed by atoms with Gasteiger partial charge in [0.1, 0.15) is 0 Å². The first kappa shape index (κ1) is 20.3. The molecule has 0 aromatic heterocycles. The Kier molecular flexibility index (Phi) is 7.53. The van der Waals surface area contributed by atoms with Gasteiger partial charge in [0.15, 0.2) is 12.2 Å². The SMILES string of the molecule is CC#CCOC(=O)[C@](O)(c1ccc(N(CC)CC)cc1)C1CCCCC1. The van der Waals surface area contributed by atoms with Crippen LogP contribution in [0.25, 0.3) is 0 Å². The number of ether oxygens (including phenoxy) is 1. The molecule has 4 heteroatoms. The van der Waals surface area contributed by atoms with Gasteiger partial charge >= 0.3 is 5.97 Å². The van der Waals surface area contributed by atoms with E-state index in [1.807, 2.05) is 24.3 Å². The summed E-state index contributed by atoms with van der Waals surface area (Å²) in [5, 5.41) is 11.5. The maximum Gasteiger partial charge on any atom is 0.344 e. The molecule has 0 unspecified atom stereocenters. The molecule has 0 aliphatic heterocycles. The second-order valence-electron chi connectivity index (χ2n) is 6.82. The van der Waals surface area contributed by atoms with Crippen LogP contribution in [0.3, 0.4) is 0 Å². The first-order chi connectivity index (χ1) is 12.6. The first-order valence-corrected chi connectivity index (χ1v) is 9.72. The number of esters is 1. The highest BCUT2D eigenvalue weighted by Crippen LogP contribution is 2.40. The Morgan fingerprint density at radius 3 is 2.35 bits per heavy atom. The van der Waals surface area contributed by atoms with Crippen molar-refractivity contribution in [3.63, 3.8) is 0 Å². The molecule has 1 aromatic rings. The Balaban J connectivity index is 2.32. The molecule has 1 fully saturated rings. The van der Waals surface area contributed by atoms with Gasteiger partial charge in [-0.1, -0.05) is 37.3 Å². The first-order valence-electron chi connectivity index (χ1n) is 9.72. The standard InChI is InChI=1S/C22H31NO3/c1-4-7-17-26-21(24)22(25,18-11-9-8-10-12-18)19-13-15-20(16-14-19)23(5-2)6-3/h13-16,18,25H,5-6,8-12,17H2,1-3H3/t22-/m1/s1. The molecular weight excluding hydrogens is 326 g/mol. The van der Waals surface area contributed by atoms with E-state index in [9.17, 15) is 9.90 Å². The molecule has 142 valence electrons. The molecule has 4 nitrogen and oxygen atoms in total. The Morgan fingerprint density at radius 1 is 1.19 bits per heavy atom. The Bertz CT molecular complexity index is 634. The van der Waals surface area contributed by atoms with Crippen LogP contribution in [0.5, 0.6) is 0 Å². The largest absolute Gasteiger partial charge is 0.450 e. The van der Waals surface area contributed by atoms with Crippen LogP contribution in [0.4, 0.5) is 5.69 Å². The van der Waals surface area contributed by atoms with E-state index in [-0.39, 0.29) is 12.5 Å². The maximum absolute atomic E-state index is 12.8. The summed E-state index contributed by atoms with van der Waals surface area (Å²) in [6, 6.07) is 7.70. The van der Waals surface area contributed by atoms with Crippen LogP contribution in [0.1, 0.15) is 58.4 Å². The summed E-state index contributed by atoms with van der Waals surface area (Å²) in [6.45, 7) is 7.78. The normalized spacial score (nSPS) is 16.9. The van der Waals surface area contributed by atoms with Crippen molar-refractivity contribution in [2.24, 2.45) is 5.92 Å². The molecule has 1 atom stereocenters. The number of aliphatic hydroxyl groups is 1. The van der Waals surface area contributed by atoms with Gasteiger partial charge in [-0.15, -0.1) is 5.92 Å². The van der Waals surface area contributed by atoms with Crippen LogP contribution in [-0.4, -0.2) is 30.8 Å². The molecule has 0 radical (unpaired) electrons. The number of benzene rings is 1. The van der Waals surface area contributed by atoms with E-state index in [4.69, 9.17) is 4.74 Å². The van der Waals surface area contributed by atoms with Crippen LogP contribution < -0.4 is 4.90 Å². The predicted molar refractivity (Wildman–Crippen MR) is 105 cm³/mol. The van der Waals surface area contributed by atoms with E-state index in [1.54, 1.807) is 6.92 Å². The minimum Gasteiger partial charge on any atom is -0.450 e. The zero-order valence-corrected chi connectivity index (χ0v) is 16.3. The highest BCUT2D eigenvalue weighted by molar-refractivity contribution is 5.82. The molecule has 26 heavy (non-hydrogen) atoms. The summed E-state index contributed by atoms with van der Waals surface area (Å²) >= 11 is 0. The molecule has 0 saturated heterocycles. The van der Waals surface area contributed by atoms with E-state index >= 15 is 0 Å². The van der Waals surface area contributed by atoms with E-state index in [2.05, 4.69) is 30.6 Å². The third-order valence-electron chi connectivity index (χ3n) is 5.40. The maximum atomic E-state index is 12.8. The predicted octanol–water partition coefficient (Wildman–Crippen LogP) is 3.87. The highest BCUT2D eigenvalue weighted by atomic mass is 16.5. The van der Waals surface area contributed by atoms with E-state index in [0.717, 1.165) is 50.9 Å². The van der Waals surface area contributed by atoms with Gasteiger partial charge in [0.05, 0.1) is 0 Å². The lowest BCUT2D eigenvalue weighted by molar-refractivity contribution is -0.174. The number of nitrogens with zero attached hydrogens (tertiary/aromatic N) is 1. The summed E-state index contributed by atoms with van der Waals surface area (Å²) in [5.41, 5.74) is 0.113. The topological polar surface area (TPSA) is 49.8 Å². The number of anilines is 1. The number of rotatable bonds is 7. The van der Waals surface area contributed by atoms with Gasteiger partial charge in [-0.3, -0.25) is 0 Å². The summed E-state index contributed by atoms with van der Waals surface area (Å²) in [6.07, 6.45) is 4.90. The van der Waals surface area contributed by atoms with Crippen LogP contribution in [-0.2, 0) is 15.1 Å². The highest BCUT2D eigenvalue weighted by Gasteiger charge is 2.47. The van der Waals surface area contributed by atoms with E-state index in [0.29, 0.717) is 5.56 Å². The van der Waals surface area contributed by atoms with Gasteiger partial charge in [-0.25, -0.2) is 4.79 Å². The number of hydrogen-bond acceptors (Lipinski definition) is 4. The smallest absolute Gasteiger partial charge is 0.344 e. The molecule has 0 amide bonds. The van der Waals surface area contributed by atoms with Gasteiger partial charge in [-0.05, 0) is 51.3 Å². The van der Waals surface area contributed by atoms with Crippen molar-refractivity contribution in [1.29, 1.82) is 0 Å². The quantitative estimate of drug-likeness (QED) is 0.594. The van der Waals surface area contributed by atoms with Gasteiger partial charge in [0, 0.05) is 24.7 Å². The Labute approximate surface area is 157 Å². The zero-order valence-electron chi connectivity index (χ0n) is 16.3. The molecule has 0 spiro atoms. The fourth-order valence-electron chi connectivity index (χ4n) is 3.84. The van der Waals surface area contributed by atoms with Gasteiger partial charge in [0.25, 0.3) is 0 Å². The minimum absolute atomic E-state index is 0.0158. The number of carbonyl (C=O) groups excluding carboxylic acids is 1. The fourth-order valence-corrected chi connectivity index (χ4v) is 3.84. The molecule has 1 aliphatic carbocycles. The molecule has 1 N–H and O–H groups in total. The van der Waals surface area contributed by atoms with E-state index in [1.165, 1.54) is 0 Å². The second kappa shape index (κ2) is 9.64. The van der Waals surface area contributed by atoms with Gasteiger partial charge < -0.3 is 14.7 Å². The summed E-state index contributed by atoms with van der Waals surface area (Å²) < 4.78 is 5.30. The summed E-state index contributed by atoms with van der Waals surface area (Å²) in [7, 11) is 0. The minimum atomic E-state index is -1.60. The molecule has 0 heterocycles. The van der Waals surface area contributed by atoms with Crippen molar-refractivity contribution in [2.45, 2.75) is 58.5 Å². The monoisotopic (exact) mass is 357 g/mol. The molecule has 1 saturated carbocycles. The third-order valence-corrected chi connectivity index (χ3v) is 5.40. The van der Waals surface area contributed by atoms with Crippen molar-refractivity contribution in [2.75, 3.05) is 24.6 Å². The Morgan fingerprint density at radius 2 is 1.81 bits per heavy atom. The molecule has 1 aromatic carbocycles. The van der Waals surface area contributed by atoms with Gasteiger partial charge in [-0.2, -0.15) is 0 Å². The zero-order chi connectivity index (χ0) is 19.0. The lowest BCUT2D eigenvalue weighted by atomic mass is 9.73. The Hall–Kier alpha value is -1.99. The second-order valence-corrected chi connectivity index (χ2v) is 6.82. The van der Waals surface area contributed by atoms with Gasteiger partial charge in [0.2, 0.25) is 0 Å². The van der Waals surface area contributed by atoms with Crippen LogP contribution in [0.2, 0.25) is 0 Å². The average Bonchev–Trinajstić information content (AvgIpc) is 2.69. The van der Waals surface area contributed by atoms with Crippen LogP contribution in [0.15, 0.2) is 24.3 Å². The average molecular weight is 357 g/mol. The molecule has 2 rings (SSSR count). The third kappa shape index (κ3) is 4.40. The van der Waals surface area contributed by atoms with Crippen molar-refractivity contribution in [3.8, 4) is 11.8 Å². The number of hydrogen-bond donors (Lipinski definition) is 1. The summed E-state index contributed by atoms with van der Waals surface area (Å²) in [5.74, 6) is 4.75. The van der Waals surface area contributed by atoms with Crippen molar-refractivity contribution >= 4 is 11.7 Å². The van der Waals surface area contributed by atoms with Crippen LogP contribution in [0, 0.1) is 17.8 Å². The van der Waals surface area contributed by atoms with Crippen LogP contribution >= 0.6 is 0 Å². The molecule has 1 aliphatic rings. The number of carbonyl (C=O) groups is 1. The van der Waals surface area contributed by atoms with Crippen molar-refractivity contribution in [1.82, 2.24) is 0 Å². The lowest BCUT2D eigenvalue weighted by Gasteiger charge is -2.36. The summed E-state index contributed by atoms with van der Waals surface area (Å²) in [4.78, 5) is 15.1. The molecule has 0 bridgehead atoms.